The van der Waals surface area contributed by atoms with Crippen molar-refractivity contribution in [2.24, 2.45) is 11.3 Å². The van der Waals surface area contributed by atoms with Crippen LogP contribution in [0.5, 0.6) is 0 Å². The van der Waals surface area contributed by atoms with Crippen molar-refractivity contribution < 1.29 is 4.74 Å². The highest BCUT2D eigenvalue weighted by molar-refractivity contribution is 7.81. The third-order valence-corrected chi connectivity index (χ3v) is 6.37. The van der Waals surface area contributed by atoms with Crippen molar-refractivity contribution in [2.75, 3.05) is 39.3 Å². The first-order valence-corrected chi connectivity index (χ1v) is 11.2. The smallest absolute Gasteiger partial charge is 0.0598 e. The van der Waals surface area contributed by atoms with Crippen LogP contribution in [0.1, 0.15) is 45.6 Å². The summed E-state index contributed by atoms with van der Waals surface area (Å²) in [6, 6.07) is 10.8. The molecule has 1 saturated carbocycles. The van der Waals surface area contributed by atoms with Crippen molar-refractivity contribution in [3.63, 3.8) is 0 Å². The second-order valence-electron chi connectivity index (χ2n) is 9.58. The molecule has 2 aliphatic rings. The molecule has 3 unspecified atom stereocenters. The Labute approximate surface area is 171 Å². The van der Waals surface area contributed by atoms with Gasteiger partial charge in [0.25, 0.3) is 0 Å². The van der Waals surface area contributed by atoms with E-state index in [0.717, 1.165) is 51.8 Å². The SMILES string of the molecule is CC1CC(OCC(S)CN2CCN(Cc3ccccc3)CC2)CC(C)(C)C1. The normalized spacial score (nSPS) is 28.1. The molecule has 1 heterocycles. The zero-order chi connectivity index (χ0) is 19.3. The van der Waals surface area contributed by atoms with Crippen LogP contribution in [-0.4, -0.2) is 60.5 Å². The van der Waals surface area contributed by atoms with Gasteiger partial charge in [-0.15, -0.1) is 0 Å². The number of nitrogens with zero attached hydrogens (tertiary/aromatic N) is 2. The molecule has 152 valence electrons. The van der Waals surface area contributed by atoms with E-state index in [4.69, 9.17) is 17.4 Å². The van der Waals surface area contributed by atoms with Crippen LogP contribution >= 0.6 is 12.6 Å². The van der Waals surface area contributed by atoms with Crippen molar-refractivity contribution in [2.45, 2.75) is 57.9 Å². The van der Waals surface area contributed by atoms with Crippen LogP contribution in [0.2, 0.25) is 0 Å². The molecular formula is C23H38N2OS. The highest BCUT2D eigenvalue weighted by atomic mass is 32.1. The Kier molecular flexibility index (Phi) is 7.66. The van der Waals surface area contributed by atoms with Gasteiger partial charge in [-0.1, -0.05) is 51.1 Å². The average Bonchev–Trinajstić information content (AvgIpc) is 2.61. The minimum Gasteiger partial charge on any atom is -0.377 e. The van der Waals surface area contributed by atoms with Gasteiger partial charge in [-0.05, 0) is 36.2 Å². The lowest BCUT2D eigenvalue weighted by Crippen LogP contribution is -2.48. The summed E-state index contributed by atoms with van der Waals surface area (Å²) in [5.41, 5.74) is 1.83. The second-order valence-corrected chi connectivity index (χ2v) is 10.3. The van der Waals surface area contributed by atoms with Crippen LogP contribution in [0.25, 0.3) is 0 Å². The van der Waals surface area contributed by atoms with Crippen LogP contribution in [0.4, 0.5) is 0 Å². The van der Waals surface area contributed by atoms with Crippen molar-refractivity contribution in [3.05, 3.63) is 35.9 Å². The minimum absolute atomic E-state index is 0.311. The Morgan fingerprint density at radius 1 is 1.07 bits per heavy atom. The van der Waals surface area contributed by atoms with E-state index in [1.807, 2.05) is 0 Å². The molecule has 0 N–H and O–H groups in total. The van der Waals surface area contributed by atoms with Gasteiger partial charge in [0.1, 0.15) is 0 Å². The van der Waals surface area contributed by atoms with E-state index in [1.54, 1.807) is 0 Å². The van der Waals surface area contributed by atoms with Gasteiger partial charge in [-0.25, -0.2) is 0 Å². The molecular weight excluding hydrogens is 352 g/mol. The summed E-state index contributed by atoms with van der Waals surface area (Å²) in [5, 5.41) is 0.311. The van der Waals surface area contributed by atoms with Crippen LogP contribution in [0.15, 0.2) is 30.3 Å². The Morgan fingerprint density at radius 3 is 2.41 bits per heavy atom. The summed E-state index contributed by atoms with van der Waals surface area (Å²) >= 11 is 4.83. The van der Waals surface area contributed by atoms with Gasteiger partial charge in [0, 0.05) is 44.5 Å². The topological polar surface area (TPSA) is 15.7 Å². The van der Waals surface area contributed by atoms with Crippen LogP contribution in [0.3, 0.4) is 0 Å². The first kappa shape index (κ1) is 21.2. The molecule has 2 fully saturated rings. The van der Waals surface area contributed by atoms with Crippen LogP contribution in [0, 0.1) is 11.3 Å². The Morgan fingerprint density at radius 2 is 1.74 bits per heavy atom. The predicted octanol–water partition coefficient (Wildman–Crippen LogP) is 4.33. The molecule has 4 heteroatoms. The van der Waals surface area contributed by atoms with E-state index in [-0.39, 0.29) is 0 Å². The Bertz CT molecular complexity index is 557. The highest BCUT2D eigenvalue weighted by Gasteiger charge is 2.32. The van der Waals surface area contributed by atoms with Crippen molar-refractivity contribution >= 4 is 12.6 Å². The summed E-state index contributed by atoms with van der Waals surface area (Å²) in [5.74, 6) is 0.773. The first-order chi connectivity index (χ1) is 12.9. The molecule has 0 aromatic heterocycles. The molecule has 3 nitrogen and oxygen atoms in total. The van der Waals surface area contributed by atoms with Gasteiger partial charge in [0.15, 0.2) is 0 Å². The number of hydrogen-bond acceptors (Lipinski definition) is 4. The van der Waals surface area contributed by atoms with Crippen molar-refractivity contribution in [1.29, 1.82) is 0 Å². The lowest BCUT2D eigenvalue weighted by molar-refractivity contribution is -0.0244. The average molecular weight is 391 g/mol. The molecule has 3 atom stereocenters. The fourth-order valence-electron chi connectivity index (χ4n) is 4.95. The Hall–Kier alpha value is -0.550. The standard InChI is InChI=1S/C23H38N2OS/c1-19-13-21(15-23(2,3)14-19)26-18-22(27)17-25-11-9-24(10-12-25)16-20-7-5-4-6-8-20/h4-8,19,21-22,27H,9-18H2,1-3H3. The zero-order valence-electron chi connectivity index (χ0n) is 17.4. The fraction of sp³-hybridized carbons (Fsp3) is 0.739. The molecule has 1 aromatic carbocycles. The number of ether oxygens (including phenoxy) is 1. The lowest BCUT2D eigenvalue weighted by Gasteiger charge is -2.39. The number of benzene rings is 1. The fourth-order valence-corrected chi connectivity index (χ4v) is 5.27. The number of piperazine rings is 1. The van der Waals surface area contributed by atoms with E-state index in [9.17, 15) is 0 Å². The molecule has 3 rings (SSSR count). The van der Waals surface area contributed by atoms with Crippen molar-refractivity contribution in [3.8, 4) is 0 Å². The van der Waals surface area contributed by atoms with Crippen molar-refractivity contribution in [1.82, 2.24) is 9.80 Å². The molecule has 0 amide bonds. The van der Waals surface area contributed by atoms with E-state index >= 15 is 0 Å². The molecule has 1 saturated heterocycles. The van der Waals surface area contributed by atoms with Crippen LogP contribution in [-0.2, 0) is 11.3 Å². The summed E-state index contributed by atoms with van der Waals surface area (Å²) in [7, 11) is 0. The highest BCUT2D eigenvalue weighted by Crippen LogP contribution is 2.39. The monoisotopic (exact) mass is 390 g/mol. The summed E-state index contributed by atoms with van der Waals surface area (Å²) in [4.78, 5) is 5.11. The molecule has 1 aliphatic carbocycles. The predicted molar refractivity (Wildman–Crippen MR) is 117 cm³/mol. The number of hydrogen-bond donors (Lipinski definition) is 1. The van der Waals surface area contributed by atoms with Gasteiger partial charge >= 0.3 is 0 Å². The van der Waals surface area contributed by atoms with Gasteiger partial charge in [0.2, 0.25) is 0 Å². The van der Waals surface area contributed by atoms with Gasteiger partial charge in [-0.2, -0.15) is 12.6 Å². The molecule has 0 spiro atoms. The first-order valence-electron chi connectivity index (χ1n) is 10.7. The van der Waals surface area contributed by atoms with Gasteiger partial charge in [-0.3, -0.25) is 9.80 Å². The number of rotatable bonds is 7. The lowest BCUT2D eigenvalue weighted by atomic mass is 9.71. The summed E-state index contributed by atoms with van der Waals surface area (Å²) in [6.07, 6.45) is 4.14. The molecule has 1 aliphatic heterocycles. The largest absolute Gasteiger partial charge is 0.377 e. The summed E-state index contributed by atoms with van der Waals surface area (Å²) in [6.45, 7) is 14.6. The number of thiol groups is 1. The summed E-state index contributed by atoms with van der Waals surface area (Å²) < 4.78 is 6.28. The molecule has 0 radical (unpaired) electrons. The van der Waals surface area contributed by atoms with E-state index in [2.05, 4.69) is 60.9 Å². The third kappa shape index (κ3) is 7.08. The second kappa shape index (κ2) is 9.78. The minimum atomic E-state index is 0.311. The maximum atomic E-state index is 6.28. The maximum Gasteiger partial charge on any atom is 0.0598 e. The maximum absolute atomic E-state index is 6.28. The van der Waals surface area contributed by atoms with Crippen LogP contribution < -0.4 is 0 Å². The third-order valence-electron chi connectivity index (χ3n) is 6.05. The Balaban J connectivity index is 1.34. The zero-order valence-corrected chi connectivity index (χ0v) is 18.3. The van der Waals surface area contributed by atoms with Gasteiger partial charge < -0.3 is 4.74 Å². The molecule has 27 heavy (non-hydrogen) atoms. The van der Waals surface area contributed by atoms with E-state index in [0.29, 0.717) is 16.8 Å². The van der Waals surface area contributed by atoms with E-state index < -0.39 is 0 Å². The molecule has 1 aromatic rings. The van der Waals surface area contributed by atoms with Gasteiger partial charge in [0.05, 0.1) is 12.7 Å². The molecule has 0 bridgehead atoms. The van der Waals surface area contributed by atoms with E-state index in [1.165, 1.54) is 24.8 Å². The quantitative estimate of drug-likeness (QED) is 0.698.